The van der Waals surface area contributed by atoms with Gasteiger partial charge in [-0.05, 0) is 24.6 Å². The molecule has 0 unspecified atom stereocenters. The normalized spacial score (nSPS) is 14.1. The molecule has 1 aromatic carbocycles. The number of aromatic nitrogens is 2. The van der Waals surface area contributed by atoms with E-state index in [2.05, 4.69) is 50.9 Å². The minimum Gasteiger partial charge on any atom is -0.354 e. The second kappa shape index (κ2) is 4.63. The number of aromatic amines is 1. The van der Waals surface area contributed by atoms with Gasteiger partial charge in [0.25, 0.3) is 0 Å². The molecule has 1 aromatic heterocycles. The molecule has 2 aromatic rings. The van der Waals surface area contributed by atoms with Crippen LogP contribution in [0.25, 0.3) is 10.9 Å². The Kier molecular flexibility index (Phi) is 3.19. The molecule has 0 amide bonds. The van der Waals surface area contributed by atoms with E-state index < -0.39 is 0 Å². The highest BCUT2D eigenvalue weighted by atomic mass is 35.5. The maximum atomic E-state index is 4.28. The fourth-order valence-corrected chi connectivity index (χ4v) is 1.82. The third-order valence-corrected chi connectivity index (χ3v) is 2.63. The number of fused-ring (bicyclic) bond motifs is 1. The van der Waals surface area contributed by atoms with Crippen molar-refractivity contribution in [2.75, 3.05) is 18.4 Å². The Hall–Kier alpha value is -1.75. The number of hydrogen-bond donors (Lipinski definition) is 3. The molecule has 0 spiro atoms. The standard InChI is InChI=1S/C11H13N5.ClH/c1-7-2-3-8-9(6-7)15-16-10(8)14-11-12-4-5-13-11;/h2-3,6H,4-5H2,1H3,(H3,12,13,14,15,16);1H. The van der Waals surface area contributed by atoms with Crippen LogP contribution in [-0.4, -0.2) is 29.2 Å². The van der Waals surface area contributed by atoms with E-state index in [9.17, 15) is 0 Å². The van der Waals surface area contributed by atoms with Crippen LogP contribution in [0.1, 0.15) is 5.56 Å². The van der Waals surface area contributed by atoms with Gasteiger partial charge in [-0.2, -0.15) is 5.10 Å². The summed E-state index contributed by atoms with van der Waals surface area (Å²) in [7, 11) is 0. The highest BCUT2D eigenvalue weighted by molar-refractivity contribution is 6.01. The molecule has 0 radical (unpaired) electrons. The van der Waals surface area contributed by atoms with E-state index in [1.807, 2.05) is 0 Å². The van der Waals surface area contributed by atoms with Crippen LogP contribution in [0.3, 0.4) is 0 Å². The van der Waals surface area contributed by atoms with E-state index in [-0.39, 0.29) is 12.4 Å². The number of nitrogens with zero attached hydrogens (tertiary/aromatic N) is 2. The van der Waals surface area contributed by atoms with Crippen LogP contribution < -0.4 is 10.6 Å². The molecule has 0 atom stereocenters. The summed E-state index contributed by atoms with van der Waals surface area (Å²) in [6, 6.07) is 6.22. The molecular weight excluding hydrogens is 238 g/mol. The first kappa shape index (κ1) is 11.7. The molecule has 3 N–H and O–H groups in total. The third kappa shape index (κ3) is 2.19. The van der Waals surface area contributed by atoms with Gasteiger partial charge in [0.1, 0.15) is 0 Å². The molecule has 2 heterocycles. The first-order chi connectivity index (χ1) is 7.83. The molecule has 0 saturated carbocycles. The van der Waals surface area contributed by atoms with Gasteiger partial charge in [0.05, 0.1) is 12.1 Å². The zero-order valence-electron chi connectivity index (χ0n) is 9.45. The number of guanidine groups is 1. The van der Waals surface area contributed by atoms with Gasteiger partial charge in [-0.25, -0.2) is 0 Å². The molecule has 0 aliphatic carbocycles. The average molecular weight is 252 g/mol. The van der Waals surface area contributed by atoms with E-state index >= 15 is 0 Å². The molecule has 1 aliphatic rings. The zero-order valence-corrected chi connectivity index (χ0v) is 10.3. The van der Waals surface area contributed by atoms with Crippen molar-refractivity contribution in [3.8, 4) is 0 Å². The lowest BCUT2D eigenvalue weighted by Gasteiger charge is -2.02. The first-order valence-corrected chi connectivity index (χ1v) is 5.33. The predicted octanol–water partition coefficient (Wildman–Crippen LogP) is 1.66. The van der Waals surface area contributed by atoms with Crippen molar-refractivity contribution in [2.45, 2.75) is 6.92 Å². The van der Waals surface area contributed by atoms with Crippen LogP contribution >= 0.6 is 12.4 Å². The topological polar surface area (TPSA) is 65.1 Å². The SMILES string of the molecule is Cc1ccc2c(NC3=NCCN3)n[nH]c2c1.Cl. The minimum absolute atomic E-state index is 0. The maximum Gasteiger partial charge on any atom is 0.197 e. The number of aryl methyl sites for hydroxylation is 1. The molecule has 0 bridgehead atoms. The van der Waals surface area contributed by atoms with Gasteiger partial charge >= 0.3 is 0 Å². The number of anilines is 1. The summed E-state index contributed by atoms with van der Waals surface area (Å²) >= 11 is 0. The zero-order chi connectivity index (χ0) is 11.0. The van der Waals surface area contributed by atoms with Gasteiger partial charge in [-0.1, -0.05) is 6.07 Å². The van der Waals surface area contributed by atoms with Gasteiger partial charge in [0.2, 0.25) is 0 Å². The van der Waals surface area contributed by atoms with E-state index in [4.69, 9.17) is 0 Å². The van der Waals surface area contributed by atoms with Crippen molar-refractivity contribution in [3.63, 3.8) is 0 Å². The van der Waals surface area contributed by atoms with E-state index in [0.717, 1.165) is 35.8 Å². The van der Waals surface area contributed by atoms with Gasteiger partial charge in [0, 0.05) is 11.9 Å². The third-order valence-electron chi connectivity index (χ3n) is 2.63. The Bertz CT molecular complexity index is 560. The molecular formula is C11H14ClN5. The quantitative estimate of drug-likeness (QED) is 0.722. The first-order valence-electron chi connectivity index (χ1n) is 5.33. The smallest absolute Gasteiger partial charge is 0.197 e. The van der Waals surface area contributed by atoms with Gasteiger partial charge in [-0.3, -0.25) is 10.1 Å². The molecule has 5 nitrogen and oxygen atoms in total. The van der Waals surface area contributed by atoms with Crippen molar-refractivity contribution in [3.05, 3.63) is 23.8 Å². The minimum atomic E-state index is 0. The second-order valence-electron chi connectivity index (χ2n) is 3.90. The highest BCUT2D eigenvalue weighted by Gasteiger charge is 2.09. The van der Waals surface area contributed by atoms with Crippen molar-refractivity contribution in [1.29, 1.82) is 0 Å². The Morgan fingerprint density at radius 2 is 2.24 bits per heavy atom. The summed E-state index contributed by atoms with van der Waals surface area (Å²) in [4.78, 5) is 4.28. The Labute approximate surface area is 105 Å². The van der Waals surface area contributed by atoms with Crippen molar-refractivity contribution in [1.82, 2.24) is 15.5 Å². The van der Waals surface area contributed by atoms with Crippen LogP contribution in [0.4, 0.5) is 5.82 Å². The van der Waals surface area contributed by atoms with Crippen LogP contribution in [0, 0.1) is 6.92 Å². The molecule has 3 rings (SSSR count). The fourth-order valence-electron chi connectivity index (χ4n) is 1.82. The lowest BCUT2D eigenvalue weighted by atomic mass is 10.2. The van der Waals surface area contributed by atoms with Crippen LogP contribution in [0.15, 0.2) is 23.2 Å². The number of H-pyrrole nitrogens is 1. The van der Waals surface area contributed by atoms with Crippen molar-refractivity contribution < 1.29 is 0 Å². The fraction of sp³-hybridized carbons (Fsp3) is 0.273. The summed E-state index contributed by atoms with van der Waals surface area (Å²) in [5, 5.41) is 14.7. The summed E-state index contributed by atoms with van der Waals surface area (Å²) < 4.78 is 0. The summed E-state index contributed by atoms with van der Waals surface area (Å²) in [6.07, 6.45) is 0. The highest BCUT2D eigenvalue weighted by Crippen LogP contribution is 2.21. The van der Waals surface area contributed by atoms with Crippen LogP contribution in [-0.2, 0) is 0 Å². The predicted molar refractivity (Wildman–Crippen MR) is 72.0 cm³/mol. The van der Waals surface area contributed by atoms with Crippen LogP contribution in [0.5, 0.6) is 0 Å². The number of hydrogen-bond acceptors (Lipinski definition) is 4. The summed E-state index contributed by atoms with van der Waals surface area (Å²) in [5.41, 5.74) is 2.26. The average Bonchev–Trinajstić information content (AvgIpc) is 2.89. The number of benzene rings is 1. The number of aliphatic imine (C=N–C) groups is 1. The summed E-state index contributed by atoms with van der Waals surface area (Å²) in [5.74, 6) is 1.62. The van der Waals surface area contributed by atoms with Crippen LogP contribution in [0.2, 0.25) is 0 Å². The molecule has 1 aliphatic heterocycles. The van der Waals surface area contributed by atoms with E-state index in [1.54, 1.807) is 0 Å². The summed E-state index contributed by atoms with van der Waals surface area (Å²) in [6.45, 7) is 3.78. The molecule has 6 heteroatoms. The molecule has 0 saturated heterocycles. The largest absolute Gasteiger partial charge is 0.354 e. The molecule has 90 valence electrons. The van der Waals surface area contributed by atoms with Crippen molar-refractivity contribution >= 4 is 35.1 Å². The Balaban J connectivity index is 0.00000108. The molecule has 17 heavy (non-hydrogen) atoms. The van der Waals surface area contributed by atoms with Crippen molar-refractivity contribution in [2.24, 2.45) is 4.99 Å². The van der Waals surface area contributed by atoms with Gasteiger partial charge < -0.3 is 10.6 Å². The monoisotopic (exact) mass is 251 g/mol. The number of halogens is 1. The van der Waals surface area contributed by atoms with Gasteiger partial charge in [0.15, 0.2) is 11.8 Å². The van der Waals surface area contributed by atoms with E-state index in [0.29, 0.717) is 0 Å². The second-order valence-corrected chi connectivity index (χ2v) is 3.90. The maximum absolute atomic E-state index is 4.28. The Morgan fingerprint density at radius 1 is 1.35 bits per heavy atom. The lowest BCUT2D eigenvalue weighted by molar-refractivity contribution is 0.958. The Morgan fingerprint density at radius 3 is 3.00 bits per heavy atom. The lowest BCUT2D eigenvalue weighted by Crippen LogP contribution is -2.26. The number of nitrogens with one attached hydrogen (secondary N) is 3. The number of rotatable bonds is 1. The van der Waals surface area contributed by atoms with Gasteiger partial charge in [-0.15, -0.1) is 12.4 Å². The molecule has 0 fully saturated rings. The van der Waals surface area contributed by atoms with E-state index in [1.165, 1.54) is 5.56 Å².